The van der Waals surface area contributed by atoms with E-state index in [2.05, 4.69) is 21.6 Å². The Bertz CT molecular complexity index is 1180. The fourth-order valence-electron chi connectivity index (χ4n) is 2.80. The molecule has 0 unspecified atom stereocenters. The first-order valence-electron chi connectivity index (χ1n) is 9.33. The summed E-state index contributed by atoms with van der Waals surface area (Å²) in [7, 11) is 0. The Kier molecular flexibility index (Phi) is 6.13. The van der Waals surface area contributed by atoms with Crippen LogP contribution in [0, 0.1) is 11.3 Å². The van der Waals surface area contributed by atoms with E-state index >= 15 is 0 Å². The van der Waals surface area contributed by atoms with Crippen LogP contribution in [-0.2, 0) is 6.61 Å². The highest BCUT2D eigenvalue weighted by molar-refractivity contribution is 7.14. The van der Waals surface area contributed by atoms with Crippen LogP contribution in [0.3, 0.4) is 0 Å². The van der Waals surface area contributed by atoms with Gasteiger partial charge in [-0.2, -0.15) is 10.4 Å². The number of nitrogens with zero attached hydrogens (tertiary/aromatic N) is 3. The van der Waals surface area contributed by atoms with Crippen LogP contribution in [0.15, 0.2) is 89.3 Å². The molecule has 0 aliphatic carbocycles. The third-order valence-electron chi connectivity index (χ3n) is 4.36. The van der Waals surface area contributed by atoms with Crippen molar-refractivity contribution >= 4 is 22.7 Å². The van der Waals surface area contributed by atoms with E-state index in [1.807, 2.05) is 78.2 Å². The van der Waals surface area contributed by atoms with Crippen LogP contribution in [0.5, 0.6) is 5.75 Å². The van der Waals surface area contributed by atoms with Crippen LogP contribution in [-0.4, -0.2) is 11.2 Å². The first kappa shape index (κ1) is 19.4. The molecular formula is C24H18N4OS. The monoisotopic (exact) mass is 410 g/mol. The van der Waals surface area contributed by atoms with Crippen molar-refractivity contribution in [1.29, 1.82) is 5.26 Å². The summed E-state index contributed by atoms with van der Waals surface area (Å²) in [5, 5.41) is 16.1. The van der Waals surface area contributed by atoms with E-state index in [1.165, 1.54) is 11.3 Å². The summed E-state index contributed by atoms with van der Waals surface area (Å²) in [4.78, 5) is 4.54. The molecule has 3 aromatic carbocycles. The minimum atomic E-state index is 0.354. The van der Waals surface area contributed by atoms with Gasteiger partial charge in [-0.1, -0.05) is 48.5 Å². The van der Waals surface area contributed by atoms with E-state index in [0.717, 1.165) is 33.3 Å². The van der Waals surface area contributed by atoms with Crippen molar-refractivity contribution in [1.82, 2.24) is 4.98 Å². The molecule has 0 bridgehead atoms. The molecule has 4 aromatic rings. The summed E-state index contributed by atoms with van der Waals surface area (Å²) in [6.07, 6.45) is 1.73. The number of nitriles is 1. The van der Waals surface area contributed by atoms with Crippen molar-refractivity contribution < 1.29 is 4.74 Å². The van der Waals surface area contributed by atoms with Crippen LogP contribution < -0.4 is 10.2 Å². The van der Waals surface area contributed by atoms with Gasteiger partial charge in [0, 0.05) is 16.5 Å². The van der Waals surface area contributed by atoms with Crippen molar-refractivity contribution in [2.45, 2.75) is 6.61 Å². The lowest BCUT2D eigenvalue weighted by molar-refractivity contribution is 0.306. The number of ether oxygens (including phenoxy) is 1. The number of hydrogen-bond acceptors (Lipinski definition) is 6. The highest BCUT2D eigenvalue weighted by Gasteiger charge is 2.03. The van der Waals surface area contributed by atoms with Gasteiger partial charge in [0.2, 0.25) is 5.13 Å². The van der Waals surface area contributed by atoms with Gasteiger partial charge in [0.25, 0.3) is 0 Å². The maximum absolute atomic E-state index is 9.15. The highest BCUT2D eigenvalue weighted by Crippen LogP contribution is 2.24. The lowest BCUT2D eigenvalue weighted by atomic mass is 10.1. The smallest absolute Gasteiger partial charge is 0.203 e. The molecule has 5 nitrogen and oxygen atoms in total. The van der Waals surface area contributed by atoms with Crippen LogP contribution in [0.2, 0.25) is 0 Å². The minimum Gasteiger partial charge on any atom is -0.489 e. The van der Waals surface area contributed by atoms with Crippen molar-refractivity contribution in [2.24, 2.45) is 5.10 Å². The van der Waals surface area contributed by atoms with E-state index < -0.39 is 0 Å². The Hall–Kier alpha value is -3.95. The molecule has 146 valence electrons. The van der Waals surface area contributed by atoms with E-state index in [-0.39, 0.29) is 0 Å². The van der Waals surface area contributed by atoms with Crippen LogP contribution in [0.25, 0.3) is 11.3 Å². The average Bonchev–Trinajstić information content (AvgIpc) is 3.28. The highest BCUT2D eigenvalue weighted by atomic mass is 32.1. The summed E-state index contributed by atoms with van der Waals surface area (Å²) in [5.74, 6) is 0.736. The van der Waals surface area contributed by atoms with Crippen molar-refractivity contribution in [3.05, 3.63) is 101 Å². The minimum absolute atomic E-state index is 0.354. The first-order chi connectivity index (χ1) is 14.8. The molecule has 6 heteroatoms. The van der Waals surface area contributed by atoms with E-state index in [0.29, 0.717) is 12.2 Å². The number of benzene rings is 3. The Morgan fingerprint density at radius 2 is 1.77 bits per heavy atom. The number of hydrazone groups is 1. The summed E-state index contributed by atoms with van der Waals surface area (Å²) in [6, 6.07) is 27.3. The van der Waals surface area contributed by atoms with E-state index in [1.54, 1.807) is 12.3 Å². The lowest BCUT2D eigenvalue weighted by Gasteiger charge is -2.07. The number of nitrogens with one attached hydrogen (secondary N) is 1. The molecule has 0 saturated heterocycles. The van der Waals surface area contributed by atoms with E-state index in [9.17, 15) is 0 Å². The number of hydrogen-bond donors (Lipinski definition) is 1. The molecule has 0 radical (unpaired) electrons. The second-order valence-corrected chi connectivity index (χ2v) is 7.26. The Morgan fingerprint density at radius 1 is 1.00 bits per heavy atom. The molecule has 0 fully saturated rings. The maximum atomic E-state index is 9.15. The third kappa shape index (κ3) is 4.90. The second-order valence-electron chi connectivity index (χ2n) is 6.40. The fourth-order valence-corrected chi connectivity index (χ4v) is 3.46. The summed E-state index contributed by atoms with van der Waals surface area (Å²) < 4.78 is 5.79. The van der Waals surface area contributed by atoms with Crippen LogP contribution >= 0.6 is 11.3 Å². The predicted octanol–water partition coefficient (Wildman–Crippen LogP) is 5.71. The third-order valence-corrected chi connectivity index (χ3v) is 5.11. The summed E-state index contributed by atoms with van der Waals surface area (Å²) in [5.41, 5.74) is 7.42. The molecule has 0 saturated carbocycles. The molecule has 0 atom stereocenters. The largest absolute Gasteiger partial charge is 0.489 e. The molecular weight excluding hydrogens is 392 g/mol. The van der Waals surface area contributed by atoms with Gasteiger partial charge < -0.3 is 4.74 Å². The Balaban J connectivity index is 1.32. The van der Waals surface area contributed by atoms with E-state index in [4.69, 9.17) is 10.00 Å². The van der Waals surface area contributed by atoms with Crippen molar-refractivity contribution in [3.8, 4) is 23.1 Å². The molecule has 1 N–H and O–H groups in total. The van der Waals surface area contributed by atoms with Gasteiger partial charge in [0.1, 0.15) is 12.4 Å². The molecule has 1 heterocycles. The predicted molar refractivity (Wildman–Crippen MR) is 121 cm³/mol. The number of thiazole rings is 1. The second kappa shape index (κ2) is 9.50. The molecule has 30 heavy (non-hydrogen) atoms. The van der Waals surface area contributed by atoms with Gasteiger partial charge in [0.05, 0.1) is 23.5 Å². The number of rotatable bonds is 7. The van der Waals surface area contributed by atoms with Crippen molar-refractivity contribution in [3.63, 3.8) is 0 Å². The quantitative estimate of drug-likeness (QED) is 0.313. The van der Waals surface area contributed by atoms with Gasteiger partial charge >= 0.3 is 0 Å². The standard InChI is InChI=1S/C24H18N4OS/c25-14-20-8-4-5-9-21(20)16-29-22-12-10-18(11-13-22)15-26-28-24-27-23(17-30-24)19-6-2-1-3-7-19/h1-13,15,17H,16H2,(H,27,28). The fraction of sp³-hybridized carbons (Fsp3) is 0.0417. The van der Waals surface area contributed by atoms with Gasteiger partial charge in [0.15, 0.2) is 0 Å². The molecule has 1 aromatic heterocycles. The number of aromatic nitrogens is 1. The summed E-state index contributed by atoms with van der Waals surface area (Å²) in [6.45, 7) is 0.354. The summed E-state index contributed by atoms with van der Waals surface area (Å²) >= 11 is 1.51. The van der Waals surface area contributed by atoms with Gasteiger partial charge in [-0.05, 0) is 35.9 Å². The van der Waals surface area contributed by atoms with Gasteiger partial charge in [-0.25, -0.2) is 4.98 Å². The van der Waals surface area contributed by atoms with Crippen LogP contribution in [0.4, 0.5) is 5.13 Å². The molecule has 4 rings (SSSR count). The van der Waals surface area contributed by atoms with Gasteiger partial charge in [-0.3, -0.25) is 5.43 Å². The number of anilines is 1. The van der Waals surface area contributed by atoms with Crippen molar-refractivity contribution in [2.75, 3.05) is 5.43 Å². The molecule has 0 amide bonds. The van der Waals surface area contributed by atoms with Crippen LogP contribution in [0.1, 0.15) is 16.7 Å². The Labute approximate surface area is 178 Å². The molecule has 0 aliphatic heterocycles. The molecule has 0 spiro atoms. The average molecular weight is 411 g/mol. The lowest BCUT2D eigenvalue weighted by Crippen LogP contribution is -1.98. The topological polar surface area (TPSA) is 70.3 Å². The SMILES string of the molecule is N#Cc1ccccc1COc1ccc(C=NNc2nc(-c3ccccc3)cs2)cc1. The zero-order chi connectivity index (χ0) is 20.6. The maximum Gasteiger partial charge on any atom is 0.203 e. The molecule has 0 aliphatic rings. The zero-order valence-electron chi connectivity index (χ0n) is 16.0. The zero-order valence-corrected chi connectivity index (χ0v) is 16.8. The Morgan fingerprint density at radius 3 is 2.57 bits per heavy atom. The normalized spacial score (nSPS) is 10.6. The first-order valence-corrected chi connectivity index (χ1v) is 10.2. The van der Waals surface area contributed by atoms with Gasteiger partial charge in [-0.15, -0.1) is 11.3 Å².